The molecule has 0 spiro atoms. The molecule has 1 fully saturated rings. The minimum atomic E-state index is -0.0622. The summed E-state index contributed by atoms with van der Waals surface area (Å²) in [6.07, 6.45) is 7.13. The van der Waals surface area contributed by atoms with Gasteiger partial charge in [-0.05, 0) is 55.5 Å². The van der Waals surface area contributed by atoms with Gasteiger partial charge in [-0.25, -0.2) is 15.0 Å². The summed E-state index contributed by atoms with van der Waals surface area (Å²) in [7, 11) is 2.04. The number of hydrogen-bond donors (Lipinski definition) is 1. The molecular weight excluding hydrogens is 402 g/mol. The third-order valence-electron chi connectivity index (χ3n) is 5.87. The van der Waals surface area contributed by atoms with Crippen LogP contribution in [-0.2, 0) is 19.4 Å². The number of hydrogen-bond acceptors (Lipinski definition) is 7. The van der Waals surface area contributed by atoms with Gasteiger partial charge >= 0.3 is 0 Å². The van der Waals surface area contributed by atoms with E-state index in [1.807, 2.05) is 29.8 Å². The Labute approximate surface area is 175 Å². The number of thiophene rings is 2. The SMILES string of the molecule is CN(Cc1nc2ccsc2c(=O)[nH]1)c1nc(C2CC2)nc2sc3c(c12)CCCC3. The lowest BCUT2D eigenvalue weighted by atomic mass is 9.97. The molecule has 0 aromatic carbocycles. The van der Waals surface area contributed by atoms with Crippen molar-refractivity contribution in [3.05, 3.63) is 43.9 Å². The van der Waals surface area contributed by atoms with Gasteiger partial charge in [0.15, 0.2) is 0 Å². The number of aromatic nitrogens is 4. The van der Waals surface area contributed by atoms with Gasteiger partial charge in [0.1, 0.15) is 27.0 Å². The molecule has 8 heteroatoms. The first-order valence-corrected chi connectivity index (χ1v) is 11.9. The normalized spacial score (nSPS) is 16.4. The number of nitrogens with one attached hydrogen (secondary N) is 1. The van der Waals surface area contributed by atoms with Crippen molar-refractivity contribution in [1.82, 2.24) is 19.9 Å². The largest absolute Gasteiger partial charge is 0.352 e. The Morgan fingerprint density at radius 2 is 2.07 bits per heavy atom. The van der Waals surface area contributed by atoms with E-state index in [0.717, 1.165) is 34.8 Å². The van der Waals surface area contributed by atoms with E-state index in [9.17, 15) is 4.79 Å². The number of H-pyrrole nitrogens is 1. The predicted molar refractivity (Wildman–Crippen MR) is 118 cm³/mol. The summed E-state index contributed by atoms with van der Waals surface area (Å²) in [5.74, 6) is 3.15. The Balaban J connectivity index is 1.46. The van der Waals surface area contributed by atoms with Crippen LogP contribution in [0.1, 0.15) is 53.7 Å². The second-order valence-corrected chi connectivity index (χ2v) is 10.1. The second kappa shape index (κ2) is 6.60. The fourth-order valence-corrected chi connectivity index (χ4v) is 6.24. The molecule has 0 amide bonds. The van der Waals surface area contributed by atoms with Gasteiger partial charge < -0.3 is 9.88 Å². The molecule has 2 aliphatic rings. The lowest BCUT2D eigenvalue weighted by molar-refractivity contribution is 0.699. The summed E-state index contributed by atoms with van der Waals surface area (Å²) < 4.78 is 0.684. The third kappa shape index (κ3) is 2.97. The van der Waals surface area contributed by atoms with Crippen LogP contribution in [0.15, 0.2) is 16.2 Å². The van der Waals surface area contributed by atoms with Gasteiger partial charge in [-0.3, -0.25) is 4.79 Å². The molecule has 6 rings (SSSR count). The van der Waals surface area contributed by atoms with Crippen LogP contribution in [-0.4, -0.2) is 27.0 Å². The highest BCUT2D eigenvalue weighted by Crippen LogP contribution is 2.44. The molecule has 148 valence electrons. The molecule has 0 unspecified atom stereocenters. The molecule has 1 N–H and O–H groups in total. The van der Waals surface area contributed by atoms with E-state index < -0.39 is 0 Å². The zero-order valence-electron chi connectivity index (χ0n) is 16.2. The minimum absolute atomic E-state index is 0.0622. The molecule has 0 bridgehead atoms. The maximum absolute atomic E-state index is 12.4. The Bertz CT molecular complexity index is 1300. The Morgan fingerprint density at radius 1 is 1.21 bits per heavy atom. The summed E-state index contributed by atoms with van der Waals surface area (Å²) in [6, 6.07) is 1.90. The number of rotatable bonds is 4. The maximum atomic E-state index is 12.4. The Kier molecular flexibility index (Phi) is 3.99. The van der Waals surface area contributed by atoms with E-state index in [2.05, 4.69) is 14.9 Å². The molecule has 0 saturated heterocycles. The fourth-order valence-electron chi connectivity index (χ4n) is 4.25. The number of aromatic amines is 1. The van der Waals surface area contributed by atoms with Crippen LogP contribution in [0, 0.1) is 0 Å². The quantitative estimate of drug-likeness (QED) is 0.527. The highest BCUT2D eigenvalue weighted by Gasteiger charge is 2.30. The van der Waals surface area contributed by atoms with Crippen molar-refractivity contribution >= 4 is 48.9 Å². The monoisotopic (exact) mass is 423 g/mol. The molecule has 0 atom stereocenters. The van der Waals surface area contributed by atoms with Crippen molar-refractivity contribution in [2.75, 3.05) is 11.9 Å². The van der Waals surface area contributed by atoms with Gasteiger partial charge in [0.25, 0.3) is 5.56 Å². The molecule has 2 aliphatic carbocycles. The van der Waals surface area contributed by atoms with Crippen molar-refractivity contribution in [1.29, 1.82) is 0 Å². The number of aryl methyl sites for hydroxylation is 2. The van der Waals surface area contributed by atoms with Gasteiger partial charge in [-0.15, -0.1) is 22.7 Å². The highest BCUT2D eigenvalue weighted by molar-refractivity contribution is 7.19. The van der Waals surface area contributed by atoms with Crippen LogP contribution >= 0.6 is 22.7 Å². The maximum Gasteiger partial charge on any atom is 0.268 e. The lowest BCUT2D eigenvalue weighted by Gasteiger charge is -2.20. The molecule has 0 aliphatic heterocycles. The van der Waals surface area contributed by atoms with Crippen molar-refractivity contribution < 1.29 is 0 Å². The first-order valence-electron chi connectivity index (χ1n) is 10.2. The first-order chi connectivity index (χ1) is 14.2. The van der Waals surface area contributed by atoms with Crippen LogP contribution in [0.5, 0.6) is 0 Å². The van der Waals surface area contributed by atoms with E-state index >= 15 is 0 Å². The minimum Gasteiger partial charge on any atom is -0.352 e. The Hall–Kier alpha value is -2.32. The average molecular weight is 424 g/mol. The second-order valence-electron chi connectivity index (χ2n) is 8.07. The molecule has 1 saturated carbocycles. The van der Waals surface area contributed by atoms with E-state index in [-0.39, 0.29) is 5.56 Å². The first kappa shape index (κ1) is 17.5. The van der Waals surface area contributed by atoms with Crippen molar-refractivity contribution in [2.24, 2.45) is 0 Å². The number of nitrogens with zero attached hydrogens (tertiary/aromatic N) is 4. The summed E-state index contributed by atoms with van der Waals surface area (Å²) in [5.41, 5.74) is 2.14. The van der Waals surface area contributed by atoms with Crippen molar-refractivity contribution in [3.8, 4) is 0 Å². The molecule has 0 radical (unpaired) electrons. The summed E-state index contributed by atoms with van der Waals surface area (Å²) >= 11 is 3.28. The summed E-state index contributed by atoms with van der Waals surface area (Å²) in [5, 5.41) is 3.13. The standard InChI is InChI=1S/C21H21N5OS2/c1-26(10-15-22-13-8-9-28-17(13)20(27)23-15)19-16-12-4-2-3-5-14(12)29-21(16)25-18(24-19)11-6-7-11/h8-9,11H,2-7,10H2,1H3,(H,22,23,27). The molecule has 4 aromatic heterocycles. The summed E-state index contributed by atoms with van der Waals surface area (Å²) in [4.78, 5) is 34.7. The van der Waals surface area contributed by atoms with Crippen LogP contribution in [0.4, 0.5) is 5.82 Å². The topological polar surface area (TPSA) is 74.8 Å². The van der Waals surface area contributed by atoms with Crippen LogP contribution in [0.25, 0.3) is 20.4 Å². The third-order valence-corrected chi connectivity index (χ3v) is 7.96. The number of anilines is 1. The van der Waals surface area contributed by atoms with E-state index in [4.69, 9.17) is 9.97 Å². The van der Waals surface area contributed by atoms with Crippen LogP contribution < -0.4 is 10.5 Å². The fraction of sp³-hybridized carbons (Fsp3) is 0.429. The van der Waals surface area contributed by atoms with Gasteiger partial charge in [-0.2, -0.15) is 0 Å². The summed E-state index contributed by atoms with van der Waals surface area (Å²) in [6.45, 7) is 0.516. The molecule has 6 nitrogen and oxygen atoms in total. The predicted octanol–water partition coefficient (Wildman–Crippen LogP) is 4.38. The van der Waals surface area contributed by atoms with E-state index in [1.165, 1.54) is 52.8 Å². The van der Waals surface area contributed by atoms with Crippen molar-refractivity contribution in [3.63, 3.8) is 0 Å². The van der Waals surface area contributed by atoms with Gasteiger partial charge in [0.05, 0.1) is 17.4 Å². The lowest BCUT2D eigenvalue weighted by Crippen LogP contribution is -2.23. The number of fused-ring (bicyclic) bond motifs is 4. The zero-order valence-corrected chi connectivity index (χ0v) is 17.8. The smallest absolute Gasteiger partial charge is 0.268 e. The van der Waals surface area contributed by atoms with Crippen LogP contribution in [0.2, 0.25) is 0 Å². The molecule has 4 heterocycles. The van der Waals surface area contributed by atoms with E-state index in [0.29, 0.717) is 23.0 Å². The molecule has 29 heavy (non-hydrogen) atoms. The molecular formula is C21H21N5OS2. The van der Waals surface area contributed by atoms with Crippen LogP contribution in [0.3, 0.4) is 0 Å². The van der Waals surface area contributed by atoms with E-state index in [1.54, 1.807) is 0 Å². The van der Waals surface area contributed by atoms with Gasteiger partial charge in [0.2, 0.25) is 0 Å². The molecule has 4 aromatic rings. The van der Waals surface area contributed by atoms with Gasteiger partial charge in [0, 0.05) is 17.8 Å². The highest BCUT2D eigenvalue weighted by atomic mass is 32.1. The van der Waals surface area contributed by atoms with Crippen molar-refractivity contribution in [2.45, 2.75) is 51.0 Å². The Morgan fingerprint density at radius 3 is 2.93 bits per heavy atom. The average Bonchev–Trinajstić information content (AvgIpc) is 3.34. The van der Waals surface area contributed by atoms with Gasteiger partial charge in [-0.1, -0.05) is 0 Å². The zero-order chi connectivity index (χ0) is 19.5.